The molecule has 0 saturated heterocycles. The van der Waals surface area contributed by atoms with Crippen molar-refractivity contribution in [2.75, 3.05) is 32.8 Å². The Bertz CT molecular complexity index is 1770. The minimum absolute atomic E-state index is 0.123. The van der Waals surface area contributed by atoms with Crippen LogP contribution in [0.3, 0.4) is 0 Å². The van der Waals surface area contributed by atoms with E-state index in [2.05, 4.69) is 11.9 Å². The lowest BCUT2D eigenvalue weighted by atomic mass is 9.88. The third-order valence-electron chi connectivity index (χ3n) is 9.88. The van der Waals surface area contributed by atoms with Gasteiger partial charge in [0, 0.05) is 19.2 Å². The maximum Gasteiger partial charge on any atom is 0.460 e. The molecule has 0 spiro atoms. The van der Waals surface area contributed by atoms with Gasteiger partial charge in [0.05, 0.1) is 13.7 Å². The van der Waals surface area contributed by atoms with Crippen molar-refractivity contribution in [3.8, 4) is 11.5 Å². The van der Waals surface area contributed by atoms with E-state index in [0.29, 0.717) is 17.0 Å². The van der Waals surface area contributed by atoms with Crippen LogP contribution in [-0.2, 0) is 13.9 Å². The van der Waals surface area contributed by atoms with E-state index in [4.69, 9.17) is 23.4 Å². The Morgan fingerprint density at radius 3 is 1.53 bits per heavy atom. The number of anilines is 1. The molecule has 0 aliphatic rings. The molecule has 0 bridgehead atoms. The fourth-order valence-electron chi connectivity index (χ4n) is 6.11. The highest BCUT2D eigenvalue weighted by Gasteiger charge is 2.95. The first-order valence-corrected chi connectivity index (χ1v) is 20.2. The number of ether oxygens (including phenoxy) is 4. The van der Waals surface area contributed by atoms with Crippen LogP contribution in [-0.4, -0.2) is 95.6 Å². The van der Waals surface area contributed by atoms with Crippen molar-refractivity contribution in [1.82, 2.24) is 0 Å². The van der Waals surface area contributed by atoms with Gasteiger partial charge in [-0.15, -0.1) is 6.58 Å². The van der Waals surface area contributed by atoms with Gasteiger partial charge in [-0.2, -0.15) is 74.6 Å². The Morgan fingerprint density at radius 2 is 1.11 bits per heavy atom. The number of nitrogens with one attached hydrogen (secondary N) is 1. The second kappa shape index (κ2) is 19.4. The Balaban J connectivity index is 2.26. The summed E-state index contributed by atoms with van der Waals surface area (Å²) in [6, 6.07) is 10.6. The summed E-state index contributed by atoms with van der Waals surface area (Å²) in [4.78, 5) is 12.7. The molecule has 0 unspecified atom stereocenters. The van der Waals surface area contributed by atoms with Gasteiger partial charge in [0.2, 0.25) is 0 Å². The van der Waals surface area contributed by atoms with Crippen LogP contribution in [0.25, 0.3) is 0 Å². The Kier molecular flexibility index (Phi) is 16.9. The molecule has 2 atom stereocenters. The molecule has 0 fully saturated rings. The maximum absolute atomic E-state index is 15.0. The van der Waals surface area contributed by atoms with E-state index < -0.39 is 111 Å². The zero-order valence-corrected chi connectivity index (χ0v) is 34.4. The number of benzene rings is 2. The van der Waals surface area contributed by atoms with Crippen LogP contribution in [0.4, 0.5) is 85.1 Å². The summed E-state index contributed by atoms with van der Waals surface area (Å²) in [5, 5.41) is 2.54. The lowest BCUT2D eigenvalue weighted by Gasteiger charge is -2.44. The van der Waals surface area contributed by atoms with Crippen molar-refractivity contribution < 1.29 is 103 Å². The fourth-order valence-corrected chi connectivity index (χ4v) is 10.6. The molecule has 2 aromatic rings. The molecular weight excluding hydrogens is 905 g/mol. The third kappa shape index (κ3) is 10.3. The third-order valence-corrected chi connectivity index (χ3v) is 15.6. The number of amides is 1. The standard InChI is InChI=1S/C37H42F17NO6Si/c1-8-27(58-7)28(61-29(56)55-24-11-15-25(57-6)16-12-24)23-9-13-26(14-10-23)59-18-19-60-62(21(2)3,22(4)5)20-17-30(38,39)31(40,41)32(42,43)33(44,45)34(46,47)35(48,49)36(50,51)37(52,53)54/h8-16,21-22,27-28H,1,17-20H2,2-7H3,(H,55,56)/t27-,28-/m1/s1. The van der Waals surface area contributed by atoms with Crippen molar-refractivity contribution in [2.24, 2.45) is 0 Å². The summed E-state index contributed by atoms with van der Waals surface area (Å²) in [7, 11) is -1.22. The molecular formula is C37H42F17NO6Si. The Morgan fingerprint density at radius 1 is 0.661 bits per heavy atom. The molecule has 0 aliphatic carbocycles. The van der Waals surface area contributed by atoms with Crippen molar-refractivity contribution >= 4 is 20.1 Å². The van der Waals surface area contributed by atoms with Crippen LogP contribution in [0, 0.1) is 0 Å². The van der Waals surface area contributed by atoms with Gasteiger partial charge < -0.3 is 23.4 Å². The first-order chi connectivity index (χ1) is 28.1. The summed E-state index contributed by atoms with van der Waals surface area (Å²) in [6.45, 7) is 8.01. The molecule has 2 aromatic carbocycles. The molecule has 25 heteroatoms. The number of hydrogen-bond acceptors (Lipinski definition) is 6. The highest BCUT2D eigenvalue weighted by atomic mass is 28.4. The van der Waals surface area contributed by atoms with Gasteiger partial charge in [-0.05, 0) is 59.1 Å². The van der Waals surface area contributed by atoms with Crippen molar-refractivity contribution in [2.45, 2.75) is 111 Å². The van der Waals surface area contributed by atoms with Gasteiger partial charge in [0.1, 0.15) is 24.2 Å². The van der Waals surface area contributed by atoms with Crippen LogP contribution in [0.2, 0.25) is 17.1 Å². The molecule has 0 saturated carbocycles. The minimum Gasteiger partial charge on any atom is -0.497 e. The topological polar surface area (TPSA) is 75.3 Å². The summed E-state index contributed by atoms with van der Waals surface area (Å²) in [5.41, 5.74) is -1.02. The first kappa shape index (κ1) is 54.1. The zero-order chi connectivity index (χ0) is 48.1. The SMILES string of the molecule is C=C[C@@H](OC)[C@H](OC(=O)Nc1ccc(OC)cc1)c1ccc(OCCO[Si](CCC(F)(F)C(F)(F)C(F)(F)C(F)(F)C(F)(F)C(F)(F)C(F)(F)C(F)(F)F)(C(C)C)C(C)C)cc1. The van der Waals surface area contributed by atoms with Crippen LogP contribution in [0.15, 0.2) is 61.2 Å². The van der Waals surface area contributed by atoms with Gasteiger partial charge in [-0.25, -0.2) is 4.79 Å². The average Bonchev–Trinajstić information content (AvgIpc) is 3.17. The molecule has 7 nitrogen and oxygen atoms in total. The second-order valence-corrected chi connectivity index (χ2v) is 19.3. The van der Waals surface area contributed by atoms with Crippen LogP contribution < -0.4 is 14.8 Å². The van der Waals surface area contributed by atoms with E-state index in [1.54, 1.807) is 24.3 Å². The van der Waals surface area contributed by atoms with E-state index in [1.807, 2.05) is 0 Å². The van der Waals surface area contributed by atoms with Gasteiger partial charge >= 0.3 is 53.7 Å². The highest BCUT2D eigenvalue weighted by molar-refractivity contribution is 6.76. The summed E-state index contributed by atoms with van der Waals surface area (Å²) in [6.07, 6.45) is -11.8. The molecule has 0 aliphatic heterocycles. The van der Waals surface area contributed by atoms with Crippen molar-refractivity contribution in [1.29, 1.82) is 0 Å². The van der Waals surface area contributed by atoms with Crippen molar-refractivity contribution in [3.05, 3.63) is 66.7 Å². The summed E-state index contributed by atoms with van der Waals surface area (Å²) >= 11 is 0. The molecule has 1 amide bonds. The first-order valence-electron chi connectivity index (χ1n) is 17.9. The fraction of sp³-hybridized carbons (Fsp3) is 0.595. The molecule has 2 rings (SSSR count). The van der Waals surface area contributed by atoms with E-state index in [1.165, 1.54) is 72.3 Å². The molecule has 1 N–H and O–H groups in total. The molecule has 354 valence electrons. The summed E-state index contributed by atoms with van der Waals surface area (Å²) in [5.74, 6) is -56.1. The molecule has 0 heterocycles. The molecule has 62 heavy (non-hydrogen) atoms. The van der Waals surface area contributed by atoms with Gasteiger partial charge in [0.25, 0.3) is 0 Å². The van der Waals surface area contributed by atoms with Gasteiger partial charge in [0.15, 0.2) is 14.4 Å². The largest absolute Gasteiger partial charge is 0.497 e. The number of carbonyl (C=O) groups is 1. The maximum atomic E-state index is 15.0. The zero-order valence-electron chi connectivity index (χ0n) is 33.4. The number of alkyl halides is 17. The smallest absolute Gasteiger partial charge is 0.460 e. The second-order valence-electron chi connectivity index (χ2n) is 14.3. The van der Waals surface area contributed by atoms with Crippen LogP contribution in [0.1, 0.15) is 45.8 Å². The monoisotopic (exact) mass is 947 g/mol. The van der Waals surface area contributed by atoms with Gasteiger partial charge in [-0.1, -0.05) is 45.9 Å². The lowest BCUT2D eigenvalue weighted by molar-refractivity contribution is -0.461. The predicted molar refractivity (Wildman–Crippen MR) is 191 cm³/mol. The van der Waals surface area contributed by atoms with Crippen molar-refractivity contribution in [3.63, 3.8) is 0 Å². The van der Waals surface area contributed by atoms with E-state index in [0.717, 1.165) is 0 Å². The number of carbonyl (C=O) groups excluding carboxylic acids is 1. The molecule has 0 radical (unpaired) electrons. The van der Waals surface area contributed by atoms with Gasteiger partial charge in [-0.3, -0.25) is 5.32 Å². The number of rotatable bonds is 23. The molecule has 0 aromatic heterocycles. The summed E-state index contributed by atoms with van der Waals surface area (Å²) < 4.78 is 263. The highest BCUT2D eigenvalue weighted by Crippen LogP contribution is 2.64. The quantitative estimate of drug-likeness (QED) is 0.0518. The number of methoxy groups -OCH3 is 2. The lowest BCUT2D eigenvalue weighted by Crippen LogP contribution is -2.74. The number of halogens is 17. The number of hydrogen-bond donors (Lipinski definition) is 1. The van der Waals surface area contributed by atoms with E-state index >= 15 is 0 Å². The predicted octanol–water partition coefficient (Wildman–Crippen LogP) is 12.7. The Labute approximate surface area is 345 Å². The van der Waals surface area contributed by atoms with Crippen LogP contribution in [0.5, 0.6) is 11.5 Å². The van der Waals surface area contributed by atoms with E-state index in [9.17, 15) is 79.4 Å². The van der Waals surface area contributed by atoms with Crippen LogP contribution >= 0.6 is 0 Å². The Hall–Kier alpha value is -4.00. The van der Waals surface area contributed by atoms with E-state index in [-0.39, 0.29) is 5.75 Å². The minimum atomic E-state index is -8.69. The average molecular weight is 948 g/mol. The normalized spacial score (nSPS) is 15.0.